The third-order valence-corrected chi connectivity index (χ3v) is 4.56. The Morgan fingerprint density at radius 1 is 1.32 bits per heavy atom. The molecular formula is C13H20ClNO3S. The molecule has 1 unspecified atom stereocenters. The van der Waals surface area contributed by atoms with Crippen molar-refractivity contribution in [1.82, 2.24) is 4.72 Å². The Balaban J connectivity index is 2.71. The summed E-state index contributed by atoms with van der Waals surface area (Å²) >= 11 is 5.63. The zero-order valence-electron chi connectivity index (χ0n) is 11.0. The van der Waals surface area contributed by atoms with Gasteiger partial charge in [0, 0.05) is 18.5 Å². The number of aliphatic hydroxyl groups excluding tert-OH is 1. The molecule has 6 heteroatoms. The van der Waals surface area contributed by atoms with E-state index in [1.165, 1.54) is 0 Å². The van der Waals surface area contributed by atoms with Crippen molar-refractivity contribution in [1.29, 1.82) is 0 Å². The molecule has 1 atom stereocenters. The number of hydrogen-bond acceptors (Lipinski definition) is 3. The van der Waals surface area contributed by atoms with Gasteiger partial charge in [0.2, 0.25) is 10.0 Å². The molecule has 0 aliphatic rings. The van der Waals surface area contributed by atoms with Crippen LogP contribution in [0, 0.1) is 0 Å². The minimum Gasteiger partial charge on any atom is -0.396 e. The maximum absolute atomic E-state index is 12.1. The third-order valence-electron chi connectivity index (χ3n) is 2.77. The summed E-state index contributed by atoms with van der Waals surface area (Å²) in [4.78, 5) is 0.252. The van der Waals surface area contributed by atoms with Crippen LogP contribution in [0.2, 0.25) is 0 Å². The SMILES string of the molecule is CC(CCCO)NS(=O)(=O)c1ccc(CCCl)cc1. The van der Waals surface area contributed by atoms with Gasteiger partial charge in [-0.05, 0) is 43.9 Å². The van der Waals surface area contributed by atoms with E-state index in [4.69, 9.17) is 16.7 Å². The maximum atomic E-state index is 12.1. The number of aliphatic hydroxyl groups is 1. The van der Waals surface area contributed by atoms with Gasteiger partial charge < -0.3 is 5.11 Å². The Labute approximate surface area is 119 Å². The molecule has 0 amide bonds. The summed E-state index contributed by atoms with van der Waals surface area (Å²) in [5.41, 5.74) is 1.02. The molecule has 0 bridgehead atoms. The minimum absolute atomic E-state index is 0.0686. The van der Waals surface area contributed by atoms with E-state index in [-0.39, 0.29) is 17.5 Å². The van der Waals surface area contributed by atoms with Crippen molar-refractivity contribution in [3.63, 3.8) is 0 Å². The number of halogens is 1. The van der Waals surface area contributed by atoms with Gasteiger partial charge in [-0.2, -0.15) is 0 Å². The van der Waals surface area contributed by atoms with Crippen LogP contribution in [0.15, 0.2) is 29.2 Å². The highest BCUT2D eigenvalue weighted by atomic mass is 35.5. The Hall–Kier alpha value is -0.620. The molecule has 19 heavy (non-hydrogen) atoms. The number of alkyl halides is 1. The topological polar surface area (TPSA) is 66.4 Å². The molecule has 0 saturated heterocycles. The van der Waals surface area contributed by atoms with E-state index in [0.717, 1.165) is 12.0 Å². The zero-order chi connectivity index (χ0) is 14.3. The minimum atomic E-state index is -3.49. The second-order valence-electron chi connectivity index (χ2n) is 4.47. The van der Waals surface area contributed by atoms with Crippen LogP contribution in [0.4, 0.5) is 0 Å². The molecule has 2 N–H and O–H groups in total. The normalized spacial score (nSPS) is 13.4. The van der Waals surface area contributed by atoms with Gasteiger partial charge in [-0.3, -0.25) is 0 Å². The van der Waals surface area contributed by atoms with E-state index in [9.17, 15) is 8.42 Å². The van der Waals surface area contributed by atoms with Crippen molar-refractivity contribution in [3.05, 3.63) is 29.8 Å². The lowest BCUT2D eigenvalue weighted by molar-refractivity contribution is 0.279. The fraction of sp³-hybridized carbons (Fsp3) is 0.538. The summed E-state index contributed by atoms with van der Waals surface area (Å²) < 4.78 is 26.7. The molecule has 1 rings (SSSR count). The van der Waals surface area contributed by atoms with Gasteiger partial charge >= 0.3 is 0 Å². The van der Waals surface area contributed by atoms with Crippen molar-refractivity contribution in [2.24, 2.45) is 0 Å². The lowest BCUT2D eigenvalue weighted by Gasteiger charge is -2.13. The van der Waals surface area contributed by atoms with Crippen LogP contribution in [0.3, 0.4) is 0 Å². The van der Waals surface area contributed by atoms with Crippen LogP contribution in [-0.2, 0) is 16.4 Å². The van der Waals surface area contributed by atoms with Gasteiger partial charge in [-0.25, -0.2) is 13.1 Å². The Morgan fingerprint density at radius 3 is 2.47 bits per heavy atom. The zero-order valence-corrected chi connectivity index (χ0v) is 12.5. The maximum Gasteiger partial charge on any atom is 0.240 e. The van der Waals surface area contributed by atoms with Crippen LogP contribution in [-0.4, -0.2) is 32.1 Å². The molecule has 0 aliphatic carbocycles. The lowest BCUT2D eigenvalue weighted by Crippen LogP contribution is -2.32. The molecular weight excluding hydrogens is 286 g/mol. The van der Waals surface area contributed by atoms with E-state index in [2.05, 4.69) is 4.72 Å². The van der Waals surface area contributed by atoms with Crippen molar-refractivity contribution < 1.29 is 13.5 Å². The highest BCUT2D eigenvalue weighted by Gasteiger charge is 2.16. The monoisotopic (exact) mass is 305 g/mol. The summed E-state index contributed by atoms with van der Waals surface area (Å²) in [6.45, 7) is 1.86. The molecule has 0 fully saturated rings. The fourth-order valence-corrected chi connectivity index (χ4v) is 3.23. The predicted molar refractivity (Wildman–Crippen MR) is 77.0 cm³/mol. The van der Waals surface area contributed by atoms with E-state index in [1.807, 2.05) is 0 Å². The smallest absolute Gasteiger partial charge is 0.240 e. The first kappa shape index (κ1) is 16.4. The van der Waals surface area contributed by atoms with Gasteiger partial charge in [0.05, 0.1) is 4.90 Å². The molecule has 0 heterocycles. The summed E-state index contributed by atoms with van der Waals surface area (Å²) in [5.74, 6) is 0.516. The molecule has 0 aliphatic heterocycles. The highest BCUT2D eigenvalue weighted by molar-refractivity contribution is 7.89. The van der Waals surface area contributed by atoms with Crippen LogP contribution >= 0.6 is 11.6 Å². The lowest BCUT2D eigenvalue weighted by atomic mass is 10.2. The van der Waals surface area contributed by atoms with Gasteiger partial charge in [0.15, 0.2) is 0 Å². The van der Waals surface area contributed by atoms with Crippen LogP contribution in [0.1, 0.15) is 25.3 Å². The quantitative estimate of drug-likeness (QED) is 0.721. The molecule has 0 radical (unpaired) electrons. The third kappa shape index (κ3) is 5.48. The molecule has 108 valence electrons. The van der Waals surface area contributed by atoms with E-state index in [1.54, 1.807) is 31.2 Å². The first-order valence-corrected chi connectivity index (χ1v) is 8.29. The van der Waals surface area contributed by atoms with Crippen molar-refractivity contribution in [2.45, 2.75) is 37.1 Å². The highest BCUT2D eigenvalue weighted by Crippen LogP contribution is 2.12. The molecule has 1 aromatic carbocycles. The number of nitrogens with one attached hydrogen (secondary N) is 1. The van der Waals surface area contributed by atoms with Gasteiger partial charge in [0.25, 0.3) is 0 Å². The van der Waals surface area contributed by atoms with Crippen LogP contribution in [0.5, 0.6) is 0 Å². The standard InChI is InChI=1S/C13H20ClNO3S/c1-11(3-2-10-16)15-19(17,18)13-6-4-12(5-7-13)8-9-14/h4-7,11,15-16H,2-3,8-10H2,1H3. The van der Waals surface area contributed by atoms with E-state index >= 15 is 0 Å². The fourth-order valence-electron chi connectivity index (χ4n) is 1.73. The Bertz CT molecular complexity index is 473. The Kier molecular flexibility index (Phi) is 6.79. The molecule has 0 spiro atoms. The number of benzene rings is 1. The van der Waals surface area contributed by atoms with Gasteiger partial charge in [-0.1, -0.05) is 12.1 Å². The summed E-state index contributed by atoms with van der Waals surface area (Å²) in [5, 5.41) is 8.72. The summed E-state index contributed by atoms with van der Waals surface area (Å²) in [6.07, 6.45) is 1.92. The predicted octanol–water partition coefficient (Wildman–Crippen LogP) is 1.91. The van der Waals surface area contributed by atoms with Crippen molar-refractivity contribution in [2.75, 3.05) is 12.5 Å². The number of sulfonamides is 1. The van der Waals surface area contributed by atoms with Crippen molar-refractivity contribution >= 4 is 21.6 Å². The van der Waals surface area contributed by atoms with Crippen molar-refractivity contribution in [3.8, 4) is 0 Å². The average Bonchev–Trinajstić information content (AvgIpc) is 2.37. The van der Waals surface area contributed by atoms with E-state index < -0.39 is 10.0 Å². The molecule has 0 saturated carbocycles. The van der Waals surface area contributed by atoms with Gasteiger partial charge in [-0.15, -0.1) is 11.6 Å². The average molecular weight is 306 g/mol. The van der Waals surface area contributed by atoms with E-state index in [0.29, 0.717) is 18.7 Å². The number of hydrogen-bond donors (Lipinski definition) is 2. The molecule has 1 aromatic rings. The summed E-state index contributed by atoms with van der Waals surface area (Å²) in [7, 11) is -3.49. The van der Waals surface area contributed by atoms with Crippen LogP contribution in [0.25, 0.3) is 0 Å². The first-order valence-electron chi connectivity index (χ1n) is 6.27. The second-order valence-corrected chi connectivity index (χ2v) is 6.56. The first-order chi connectivity index (χ1) is 8.99. The molecule has 4 nitrogen and oxygen atoms in total. The number of rotatable bonds is 8. The largest absolute Gasteiger partial charge is 0.396 e. The summed E-state index contributed by atoms with van der Waals surface area (Å²) in [6, 6.07) is 6.52. The number of aryl methyl sites for hydroxylation is 1. The van der Waals surface area contributed by atoms with Crippen LogP contribution < -0.4 is 4.72 Å². The van der Waals surface area contributed by atoms with Gasteiger partial charge in [0.1, 0.15) is 0 Å². The second kappa shape index (κ2) is 7.85. The molecule has 0 aromatic heterocycles. The Morgan fingerprint density at radius 2 is 1.95 bits per heavy atom.